The number of aromatic nitrogens is 3. The van der Waals surface area contributed by atoms with Crippen LogP contribution in [0.5, 0.6) is 0 Å². The van der Waals surface area contributed by atoms with E-state index in [4.69, 9.17) is 5.73 Å². The van der Waals surface area contributed by atoms with Gasteiger partial charge >= 0.3 is 0 Å². The maximum atomic E-state index is 5.47. The molecule has 1 fully saturated rings. The molecule has 1 saturated heterocycles. The minimum Gasteiger partial charge on any atom is -0.381 e. The molecular weight excluding hydrogens is 178 g/mol. The van der Waals surface area contributed by atoms with E-state index in [0.29, 0.717) is 5.82 Å². The van der Waals surface area contributed by atoms with Crippen LogP contribution in [0.3, 0.4) is 0 Å². The summed E-state index contributed by atoms with van der Waals surface area (Å²) < 4.78 is 1.81. The molecule has 1 aromatic rings. The van der Waals surface area contributed by atoms with Gasteiger partial charge in [-0.2, -0.15) is 0 Å². The van der Waals surface area contributed by atoms with Gasteiger partial charge in [-0.15, -0.1) is 5.10 Å². The molecule has 0 atom stereocenters. The zero-order valence-corrected chi connectivity index (χ0v) is 8.39. The maximum absolute atomic E-state index is 5.47. The van der Waals surface area contributed by atoms with Gasteiger partial charge in [0.05, 0.1) is 6.20 Å². The van der Waals surface area contributed by atoms with E-state index in [9.17, 15) is 0 Å². The van der Waals surface area contributed by atoms with Gasteiger partial charge in [0.15, 0.2) is 5.82 Å². The number of nitrogen functional groups attached to an aromatic ring is 1. The van der Waals surface area contributed by atoms with Gasteiger partial charge in [-0.1, -0.05) is 5.21 Å². The van der Waals surface area contributed by atoms with Crippen molar-refractivity contribution in [1.29, 1.82) is 0 Å². The molecule has 0 spiro atoms. The lowest BCUT2D eigenvalue weighted by Gasteiger charge is -2.13. The summed E-state index contributed by atoms with van der Waals surface area (Å²) in [5, 5.41) is 7.65. The predicted molar refractivity (Wildman–Crippen MR) is 54.7 cm³/mol. The summed E-state index contributed by atoms with van der Waals surface area (Å²) in [5.74, 6) is 0.506. The van der Waals surface area contributed by atoms with E-state index >= 15 is 0 Å². The highest BCUT2D eigenvalue weighted by molar-refractivity contribution is 5.19. The molecule has 2 rings (SSSR count). The minimum absolute atomic E-state index is 0.506. The molecule has 5 nitrogen and oxygen atoms in total. The lowest BCUT2D eigenvalue weighted by atomic mass is 10.4. The summed E-state index contributed by atoms with van der Waals surface area (Å²) in [5.41, 5.74) is 5.47. The van der Waals surface area contributed by atoms with Crippen LogP contribution in [-0.2, 0) is 6.54 Å². The Morgan fingerprint density at radius 1 is 1.29 bits per heavy atom. The Morgan fingerprint density at radius 2 is 2.07 bits per heavy atom. The zero-order valence-electron chi connectivity index (χ0n) is 8.39. The Morgan fingerprint density at radius 3 is 2.71 bits per heavy atom. The third-order valence-electron chi connectivity index (χ3n) is 2.62. The fourth-order valence-corrected chi connectivity index (χ4v) is 1.89. The standard InChI is InChI=1S/C9H17N5/c10-9-8-14(12-11-9)7-3-6-13-4-1-2-5-13/h8H,1-7,10H2. The van der Waals surface area contributed by atoms with E-state index in [-0.39, 0.29) is 0 Å². The molecule has 0 aliphatic carbocycles. The highest BCUT2D eigenvalue weighted by atomic mass is 15.4. The fourth-order valence-electron chi connectivity index (χ4n) is 1.89. The first-order valence-electron chi connectivity index (χ1n) is 5.22. The molecular formula is C9H17N5. The molecule has 1 aliphatic rings. The van der Waals surface area contributed by atoms with Gasteiger partial charge in [-0.05, 0) is 38.9 Å². The second kappa shape index (κ2) is 4.41. The molecule has 0 aromatic carbocycles. The van der Waals surface area contributed by atoms with Gasteiger partial charge in [-0.3, -0.25) is 4.68 Å². The van der Waals surface area contributed by atoms with E-state index in [1.807, 2.05) is 4.68 Å². The summed E-state index contributed by atoms with van der Waals surface area (Å²) in [4.78, 5) is 2.50. The number of aryl methyl sites for hydroxylation is 1. The van der Waals surface area contributed by atoms with Crippen molar-refractivity contribution in [3.8, 4) is 0 Å². The number of anilines is 1. The molecule has 14 heavy (non-hydrogen) atoms. The molecule has 5 heteroatoms. The van der Waals surface area contributed by atoms with Crippen LogP contribution in [0.4, 0.5) is 5.82 Å². The van der Waals surface area contributed by atoms with E-state index in [0.717, 1.165) is 13.0 Å². The predicted octanol–water partition coefficient (Wildman–Crippen LogP) is 0.346. The van der Waals surface area contributed by atoms with Gasteiger partial charge in [0, 0.05) is 6.54 Å². The van der Waals surface area contributed by atoms with Crippen LogP contribution in [0.25, 0.3) is 0 Å². The van der Waals surface area contributed by atoms with Gasteiger partial charge in [0.1, 0.15) is 0 Å². The summed E-state index contributed by atoms with van der Waals surface area (Å²) in [7, 11) is 0. The Kier molecular flexibility index (Phi) is 2.98. The van der Waals surface area contributed by atoms with Crippen LogP contribution in [-0.4, -0.2) is 39.5 Å². The highest BCUT2D eigenvalue weighted by Crippen LogP contribution is 2.07. The van der Waals surface area contributed by atoms with Crippen molar-refractivity contribution in [1.82, 2.24) is 19.9 Å². The molecule has 0 bridgehead atoms. The average molecular weight is 195 g/mol. The van der Waals surface area contributed by atoms with Crippen molar-refractivity contribution in [3.05, 3.63) is 6.20 Å². The van der Waals surface area contributed by atoms with Crippen molar-refractivity contribution >= 4 is 5.82 Å². The number of nitrogens with zero attached hydrogens (tertiary/aromatic N) is 4. The molecule has 1 aliphatic heterocycles. The molecule has 2 heterocycles. The van der Waals surface area contributed by atoms with E-state index in [2.05, 4.69) is 15.2 Å². The van der Waals surface area contributed by atoms with E-state index < -0.39 is 0 Å². The first-order chi connectivity index (χ1) is 6.84. The third-order valence-corrected chi connectivity index (χ3v) is 2.62. The molecule has 0 radical (unpaired) electrons. The van der Waals surface area contributed by atoms with Crippen LogP contribution >= 0.6 is 0 Å². The molecule has 2 N–H and O–H groups in total. The third kappa shape index (κ3) is 2.45. The zero-order chi connectivity index (χ0) is 9.80. The molecule has 1 aromatic heterocycles. The first-order valence-corrected chi connectivity index (χ1v) is 5.22. The van der Waals surface area contributed by atoms with Crippen LogP contribution in [0.15, 0.2) is 6.20 Å². The van der Waals surface area contributed by atoms with Crippen LogP contribution in [0.2, 0.25) is 0 Å². The largest absolute Gasteiger partial charge is 0.381 e. The Labute approximate surface area is 83.9 Å². The van der Waals surface area contributed by atoms with E-state index in [1.54, 1.807) is 6.20 Å². The summed E-state index contributed by atoms with van der Waals surface area (Å²) in [6, 6.07) is 0. The SMILES string of the molecule is Nc1cn(CCCN2CCCC2)nn1. The summed E-state index contributed by atoms with van der Waals surface area (Å²) in [6.07, 6.45) is 5.62. The Balaban J connectivity index is 1.67. The van der Waals surface area contributed by atoms with Gasteiger partial charge < -0.3 is 10.6 Å². The number of hydrogen-bond donors (Lipinski definition) is 1. The van der Waals surface area contributed by atoms with Crippen molar-refractivity contribution in [2.24, 2.45) is 0 Å². The fraction of sp³-hybridized carbons (Fsp3) is 0.778. The lowest BCUT2D eigenvalue weighted by molar-refractivity contribution is 0.321. The molecule has 0 unspecified atom stereocenters. The van der Waals surface area contributed by atoms with Crippen LogP contribution in [0.1, 0.15) is 19.3 Å². The number of rotatable bonds is 4. The molecule has 78 valence electrons. The molecule has 0 amide bonds. The van der Waals surface area contributed by atoms with Crippen molar-refractivity contribution in [2.75, 3.05) is 25.4 Å². The van der Waals surface area contributed by atoms with Crippen molar-refractivity contribution in [3.63, 3.8) is 0 Å². The summed E-state index contributed by atoms with van der Waals surface area (Å²) in [6.45, 7) is 4.61. The maximum Gasteiger partial charge on any atom is 0.165 e. The van der Waals surface area contributed by atoms with Gasteiger partial charge in [0.25, 0.3) is 0 Å². The van der Waals surface area contributed by atoms with Crippen LogP contribution < -0.4 is 5.73 Å². The Bertz CT molecular complexity index is 276. The lowest BCUT2D eigenvalue weighted by Crippen LogP contribution is -2.21. The smallest absolute Gasteiger partial charge is 0.165 e. The first kappa shape index (κ1) is 9.45. The summed E-state index contributed by atoms with van der Waals surface area (Å²) >= 11 is 0. The normalized spacial score (nSPS) is 17.7. The van der Waals surface area contributed by atoms with Crippen molar-refractivity contribution < 1.29 is 0 Å². The molecule has 0 saturated carbocycles. The number of hydrogen-bond acceptors (Lipinski definition) is 4. The van der Waals surface area contributed by atoms with Crippen molar-refractivity contribution in [2.45, 2.75) is 25.8 Å². The second-order valence-corrected chi connectivity index (χ2v) is 3.81. The van der Waals surface area contributed by atoms with E-state index in [1.165, 1.54) is 32.5 Å². The number of likely N-dealkylation sites (tertiary alicyclic amines) is 1. The van der Waals surface area contributed by atoms with Gasteiger partial charge in [0.2, 0.25) is 0 Å². The quantitative estimate of drug-likeness (QED) is 0.753. The van der Waals surface area contributed by atoms with Crippen LogP contribution in [0, 0.1) is 0 Å². The monoisotopic (exact) mass is 195 g/mol. The topological polar surface area (TPSA) is 60.0 Å². The van der Waals surface area contributed by atoms with Gasteiger partial charge in [-0.25, -0.2) is 0 Å². The average Bonchev–Trinajstić information content (AvgIpc) is 2.77. The Hall–Kier alpha value is -1.10. The number of nitrogens with two attached hydrogens (primary N) is 1. The second-order valence-electron chi connectivity index (χ2n) is 3.81. The highest BCUT2D eigenvalue weighted by Gasteiger charge is 2.10. The minimum atomic E-state index is 0.506.